The minimum Gasteiger partial charge on any atom is -0.550 e. The minimum atomic E-state index is -1.30. The summed E-state index contributed by atoms with van der Waals surface area (Å²) in [5.74, 6) is -4.01. The molecule has 0 aliphatic carbocycles. The van der Waals surface area contributed by atoms with E-state index in [2.05, 4.69) is 0 Å². The number of aliphatic carboxylic acids is 1. The van der Waals surface area contributed by atoms with Gasteiger partial charge in [0.25, 0.3) is 0 Å². The summed E-state index contributed by atoms with van der Waals surface area (Å²) in [6, 6.07) is 4.30. The molecule has 2 bridgehead atoms. The molecule has 5 nitrogen and oxygen atoms in total. The lowest BCUT2D eigenvalue weighted by Crippen LogP contribution is -2.45. The molecule has 3 heterocycles. The van der Waals surface area contributed by atoms with Gasteiger partial charge in [-0.1, -0.05) is 29.8 Å². The van der Waals surface area contributed by atoms with E-state index in [-0.39, 0.29) is 29.6 Å². The van der Waals surface area contributed by atoms with Crippen molar-refractivity contribution in [2.24, 2.45) is 11.8 Å². The number of benzene rings is 1. The van der Waals surface area contributed by atoms with Crippen LogP contribution >= 0.6 is 11.6 Å². The van der Waals surface area contributed by atoms with Gasteiger partial charge in [0.05, 0.1) is 25.1 Å². The predicted octanol–water partition coefficient (Wildman–Crippen LogP) is 0.511. The molecule has 0 N–H and O–H groups in total. The highest BCUT2D eigenvalue weighted by molar-refractivity contribution is 6.31. The van der Waals surface area contributed by atoms with Crippen molar-refractivity contribution in [3.8, 4) is 0 Å². The van der Waals surface area contributed by atoms with Gasteiger partial charge >= 0.3 is 0 Å². The maximum atomic E-state index is 13.9. The number of hydrogen-bond acceptors (Lipinski definition) is 4. The molecule has 0 aromatic heterocycles. The van der Waals surface area contributed by atoms with Gasteiger partial charge in [0, 0.05) is 22.5 Å². The third-order valence-electron chi connectivity index (χ3n) is 4.86. The normalized spacial score (nSPS) is 34.3. The van der Waals surface area contributed by atoms with Crippen LogP contribution in [0.25, 0.3) is 0 Å². The quantitative estimate of drug-likeness (QED) is 0.754. The van der Waals surface area contributed by atoms with E-state index in [1.165, 1.54) is 17.0 Å². The third kappa shape index (κ3) is 1.95. The van der Waals surface area contributed by atoms with E-state index >= 15 is 0 Å². The van der Waals surface area contributed by atoms with Gasteiger partial charge in [0.15, 0.2) is 0 Å². The van der Waals surface area contributed by atoms with Gasteiger partial charge in [-0.05, 0) is 12.1 Å². The molecule has 3 aliphatic rings. The van der Waals surface area contributed by atoms with Crippen LogP contribution in [0, 0.1) is 17.7 Å². The topological polar surface area (TPSA) is 69.7 Å². The lowest BCUT2D eigenvalue weighted by Gasteiger charge is -2.24. The Morgan fingerprint density at radius 1 is 1.52 bits per heavy atom. The average Bonchev–Trinajstić information content (AvgIpc) is 3.12. The van der Waals surface area contributed by atoms with Gasteiger partial charge in [-0.3, -0.25) is 4.79 Å². The van der Waals surface area contributed by atoms with E-state index in [4.69, 9.17) is 16.3 Å². The summed E-state index contributed by atoms with van der Waals surface area (Å²) in [7, 11) is 0. The number of likely N-dealkylation sites (tertiary alicyclic amines) is 1. The standard InChI is InChI=1S/C16H13ClFNO4/c17-9-2-1-3-10(18)8(9)6-19-7-16-5-4-11(23-16)12(15(21)22)13(16)14(19)20/h1-5,11-13H,6-7H2,(H,21,22)/p-1/t11-,12-,13+,16+/m0/s1. The number of carboxylic acid groups (broad SMARTS) is 1. The van der Waals surface area contributed by atoms with E-state index in [0.29, 0.717) is 0 Å². The van der Waals surface area contributed by atoms with Crippen LogP contribution in [0.2, 0.25) is 5.02 Å². The largest absolute Gasteiger partial charge is 0.550 e. The summed E-state index contributed by atoms with van der Waals surface area (Å²) in [6.45, 7) is 0.155. The maximum absolute atomic E-state index is 13.9. The number of carbonyl (C=O) groups excluding carboxylic acids is 2. The monoisotopic (exact) mass is 336 g/mol. The Morgan fingerprint density at radius 2 is 2.30 bits per heavy atom. The summed E-state index contributed by atoms with van der Waals surface area (Å²) in [6.07, 6.45) is 2.76. The van der Waals surface area contributed by atoms with Crippen LogP contribution in [0.15, 0.2) is 30.4 Å². The smallest absolute Gasteiger partial charge is 0.230 e. The molecule has 1 aromatic rings. The first-order chi connectivity index (χ1) is 10.9. The molecule has 0 radical (unpaired) electrons. The third-order valence-corrected chi connectivity index (χ3v) is 5.22. The first-order valence-electron chi connectivity index (χ1n) is 7.23. The number of rotatable bonds is 3. The minimum absolute atomic E-state index is 0.0236. The lowest BCUT2D eigenvalue weighted by molar-refractivity contribution is -0.313. The molecule has 0 unspecified atom stereocenters. The second kappa shape index (κ2) is 4.79. The van der Waals surface area contributed by atoms with Crippen molar-refractivity contribution in [2.45, 2.75) is 18.2 Å². The number of carbonyl (C=O) groups is 2. The molecule has 3 aliphatic heterocycles. The molecule has 0 saturated carbocycles. The van der Waals surface area contributed by atoms with Gasteiger partial charge in [-0.15, -0.1) is 0 Å². The van der Waals surface area contributed by atoms with Crippen LogP contribution in [-0.4, -0.2) is 35.0 Å². The van der Waals surface area contributed by atoms with E-state index in [0.717, 1.165) is 0 Å². The molecule has 2 fully saturated rings. The second-order valence-electron chi connectivity index (χ2n) is 6.11. The molecule has 1 amide bonds. The Bertz CT molecular complexity index is 731. The molecule has 23 heavy (non-hydrogen) atoms. The van der Waals surface area contributed by atoms with E-state index < -0.39 is 35.3 Å². The molecule has 4 atom stereocenters. The molecule has 1 aromatic carbocycles. The van der Waals surface area contributed by atoms with Crippen molar-refractivity contribution in [2.75, 3.05) is 6.54 Å². The molecule has 4 rings (SSSR count). The highest BCUT2D eigenvalue weighted by Gasteiger charge is 2.65. The first-order valence-corrected chi connectivity index (χ1v) is 7.60. The zero-order valence-corrected chi connectivity index (χ0v) is 12.6. The Balaban J connectivity index is 1.66. The van der Waals surface area contributed by atoms with E-state index in [9.17, 15) is 19.1 Å². The number of nitrogens with zero attached hydrogens (tertiary/aromatic N) is 1. The molecule has 2 saturated heterocycles. The number of hydrogen-bond donors (Lipinski definition) is 0. The van der Waals surface area contributed by atoms with Gasteiger partial charge < -0.3 is 19.5 Å². The van der Waals surface area contributed by atoms with Crippen LogP contribution in [-0.2, 0) is 20.9 Å². The van der Waals surface area contributed by atoms with Crippen LogP contribution in [0.1, 0.15) is 5.56 Å². The fourth-order valence-corrected chi connectivity index (χ4v) is 4.08. The summed E-state index contributed by atoms with van der Waals surface area (Å²) in [5, 5.41) is 11.6. The van der Waals surface area contributed by atoms with Crippen molar-refractivity contribution in [3.05, 3.63) is 46.8 Å². The Kier molecular flexibility index (Phi) is 3.05. The fraction of sp³-hybridized carbons (Fsp3) is 0.375. The summed E-state index contributed by atoms with van der Waals surface area (Å²) in [5.41, 5.74) is -0.744. The number of fused-ring (bicyclic) bond motifs is 1. The summed E-state index contributed by atoms with van der Waals surface area (Å²) in [4.78, 5) is 25.4. The zero-order chi connectivity index (χ0) is 16.4. The van der Waals surface area contributed by atoms with Crippen LogP contribution < -0.4 is 5.11 Å². The zero-order valence-electron chi connectivity index (χ0n) is 11.9. The fourth-order valence-electron chi connectivity index (χ4n) is 3.86. The molecule has 120 valence electrons. The Labute approximate surface area is 136 Å². The highest BCUT2D eigenvalue weighted by Crippen LogP contribution is 2.51. The number of carboxylic acids is 1. The second-order valence-corrected chi connectivity index (χ2v) is 6.52. The molecular weight excluding hydrogens is 325 g/mol. The number of halogens is 2. The van der Waals surface area contributed by atoms with Crippen molar-refractivity contribution in [1.82, 2.24) is 4.90 Å². The summed E-state index contributed by atoms with van der Waals surface area (Å²) >= 11 is 6.00. The first kappa shape index (κ1) is 14.7. The van der Waals surface area contributed by atoms with Crippen LogP contribution in [0.5, 0.6) is 0 Å². The summed E-state index contributed by atoms with van der Waals surface area (Å²) < 4.78 is 19.7. The maximum Gasteiger partial charge on any atom is 0.230 e. The van der Waals surface area contributed by atoms with Crippen molar-refractivity contribution in [3.63, 3.8) is 0 Å². The molecule has 1 spiro atoms. The van der Waals surface area contributed by atoms with Gasteiger partial charge in [0.2, 0.25) is 5.91 Å². The van der Waals surface area contributed by atoms with Crippen molar-refractivity contribution in [1.29, 1.82) is 0 Å². The van der Waals surface area contributed by atoms with Gasteiger partial charge in [0.1, 0.15) is 11.4 Å². The van der Waals surface area contributed by atoms with Crippen LogP contribution in [0.3, 0.4) is 0 Å². The van der Waals surface area contributed by atoms with Crippen molar-refractivity contribution >= 4 is 23.5 Å². The van der Waals surface area contributed by atoms with E-state index in [1.54, 1.807) is 18.2 Å². The molecular formula is C16H12ClFNO4-. The highest BCUT2D eigenvalue weighted by atomic mass is 35.5. The van der Waals surface area contributed by atoms with Crippen molar-refractivity contribution < 1.29 is 23.8 Å². The number of ether oxygens (including phenoxy) is 1. The Hall–Kier alpha value is -1.92. The molecule has 7 heteroatoms. The number of amides is 1. The van der Waals surface area contributed by atoms with Crippen LogP contribution in [0.4, 0.5) is 4.39 Å². The van der Waals surface area contributed by atoms with Gasteiger partial charge in [-0.2, -0.15) is 0 Å². The average molecular weight is 337 g/mol. The Morgan fingerprint density at radius 3 is 3.00 bits per heavy atom. The predicted molar refractivity (Wildman–Crippen MR) is 75.6 cm³/mol. The van der Waals surface area contributed by atoms with E-state index in [1.807, 2.05) is 0 Å². The SMILES string of the molecule is O=C([O-])[C@H]1[C@@H]2C=C[C@]3(CN(Cc4c(F)cccc4Cl)C(=O)[C@@H]13)O2. The lowest BCUT2D eigenvalue weighted by atomic mass is 9.77. The van der Waals surface area contributed by atoms with Gasteiger partial charge in [-0.25, -0.2) is 4.39 Å².